The Labute approximate surface area is 119 Å². The van der Waals surface area contributed by atoms with E-state index >= 15 is 0 Å². The molecule has 0 atom stereocenters. The minimum absolute atomic E-state index is 0.139. The predicted octanol–water partition coefficient (Wildman–Crippen LogP) is 1.26. The van der Waals surface area contributed by atoms with Gasteiger partial charge < -0.3 is 19.9 Å². The molecule has 1 aromatic heterocycles. The first-order valence-electron chi connectivity index (χ1n) is 6.54. The standard InChI is InChI=1S/C14H23N3O3/c1-10-8-11(20-5)9-12(18)17(10)7-6-15-13(19)16-14(2,3)4/h8-9H,6-7H2,1-5H3,(H2,15,16,19). The van der Waals surface area contributed by atoms with Crippen molar-refractivity contribution in [3.05, 3.63) is 28.2 Å². The average Bonchev–Trinajstić information content (AvgIpc) is 2.30. The van der Waals surface area contributed by atoms with Crippen molar-refractivity contribution in [2.75, 3.05) is 13.7 Å². The van der Waals surface area contributed by atoms with E-state index in [0.717, 1.165) is 5.69 Å². The van der Waals surface area contributed by atoms with Gasteiger partial charge in [0.05, 0.1) is 7.11 Å². The number of rotatable bonds is 4. The van der Waals surface area contributed by atoms with Crippen LogP contribution in [0.4, 0.5) is 4.79 Å². The van der Waals surface area contributed by atoms with E-state index in [0.29, 0.717) is 18.8 Å². The number of nitrogens with one attached hydrogen (secondary N) is 2. The first-order valence-corrected chi connectivity index (χ1v) is 6.54. The van der Waals surface area contributed by atoms with Crippen molar-refractivity contribution >= 4 is 6.03 Å². The zero-order chi connectivity index (χ0) is 15.3. The van der Waals surface area contributed by atoms with E-state index in [4.69, 9.17) is 4.74 Å². The molecule has 2 amide bonds. The summed E-state index contributed by atoms with van der Waals surface area (Å²) in [5, 5.41) is 5.53. The van der Waals surface area contributed by atoms with Gasteiger partial charge in [-0.2, -0.15) is 0 Å². The molecule has 0 spiro atoms. The molecule has 0 saturated carbocycles. The Kier molecular flexibility index (Phi) is 5.19. The lowest BCUT2D eigenvalue weighted by atomic mass is 10.1. The molecule has 112 valence electrons. The van der Waals surface area contributed by atoms with Crippen molar-refractivity contribution in [3.8, 4) is 5.75 Å². The average molecular weight is 281 g/mol. The number of amides is 2. The topological polar surface area (TPSA) is 72.4 Å². The summed E-state index contributed by atoms with van der Waals surface area (Å²) >= 11 is 0. The van der Waals surface area contributed by atoms with Gasteiger partial charge in [0.25, 0.3) is 5.56 Å². The molecule has 0 radical (unpaired) electrons. The van der Waals surface area contributed by atoms with Gasteiger partial charge in [0.2, 0.25) is 0 Å². The van der Waals surface area contributed by atoms with Crippen molar-refractivity contribution in [3.63, 3.8) is 0 Å². The zero-order valence-electron chi connectivity index (χ0n) is 12.7. The van der Waals surface area contributed by atoms with Crippen LogP contribution < -0.4 is 20.9 Å². The molecule has 0 saturated heterocycles. The molecular formula is C14H23N3O3. The van der Waals surface area contributed by atoms with Gasteiger partial charge in [-0.25, -0.2) is 4.79 Å². The van der Waals surface area contributed by atoms with E-state index in [1.54, 1.807) is 10.6 Å². The number of carbonyl (C=O) groups excluding carboxylic acids is 1. The van der Waals surface area contributed by atoms with Crippen LogP contribution in [0, 0.1) is 6.92 Å². The lowest BCUT2D eigenvalue weighted by molar-refractivity contribution is 0.231. The third-order valence-corrected chi connectivity index (χ3v) is 2.65. The molecule has 0 fully saturated rings. The Hall–Kier alpha value is -1.98. The molecule has 0 aliphatic carbocycles. The zero-order valence-corrected chi connectivity index (χ0v) is 12.7. The highest BCUT2D eigenvalue weighted by Crippen LogP contribution is 2.08. The van der Waals surface area contributed by atoms with Crippen molar-refractivity contribution < 1.29 is 9.53 Å². The second-order valence-electron chi connectivity index (χ2n) is 5.66. The molecule has 0 bridgehead atoms. The molecule has 20 heavy (non-hydrogen) atoms. The van der Waals surface area contributed by atoms with Gasteiger partial charge in [-0.15, -0.1) is 0 Å². The van der Waals surface area contributed by atoms with Gasteiger partial charge in [-0.05, 0) is 33.8 Å². The number of hydrogen-bond donors (Lipinski definition) is 2. The summed E-state index contributed by atoms with van der Waals surface area (Å²) in [7, 11) is 1.52. The van der Waals surface area contributed by atoms with E-state index in [1.165, 1.54) is 13.2 Å². The quantitative estimate of drug-likeness (QED) is 0.873. The fourth-order valence-corrected chi connectivity index (χ4v) is 1.77. The number of nitrogens with zero attached hydrogens (tertiary/aromatic N) is 1. The number of ether oxygens (including phenoxy) is 1. The van der Waals surface area contributed by atoms with Crippen molar-refractivity contribution in [2.45, 2.75) is 39.8 Å². The summed E-state index contributed by atoms with van der Waals surface area (Å²) in [5.74, 6) is 0.544. The lowest BCUT2D eigenvalue weighted by Crippen LogP contribution is -2.47. The number of pyridine rings is 1. The number of hydrogen-bond acceptors (Lipinski definition) is 3. The van der Waals surface area contributed by atoms with Gasteiger partial charge in [0.15, 0.2) is 0 Å². The highest BCUT2D eigenvalue weighted by molar-refractivity contribution is 5.74. The molecule has 1 aromatic rings. The second kappa shape index (κ2) is 6.45. The Morgan fingerprint density at radius 3 is 2.50 bits per heavy atom. The summed E-state index contributed by atoms with van der Waals surface area (Å²) in [6, 6.07) is 2.98. The number of aromatic nitrogens is 1. The Balaban J connectivity index is 2.59. The number of urea groups is 1. The van der Waals surface area contributed by atoms with Crippen LogP contribution >= 0.6 is 0 Å². The molecule has 0 aromatic carbocycles. The summed E-state index contributed by atoms with van der Waals surface area (Å²) in [5.41, 5.74) is 0.379. The molecular weight excluding hydrogens is 258 g/mol. The highest BCUT2D eigenvalue weighted by Gasteiger charge is 2.13. The number of aryl methyl sites for hydroxylation is 1. The first-order chi connectivity index (χ1) is 9.23. The monoisotopic (exact) mass is 281 g/mol. The molecule has 0 aliphatic rings. The maximum atomic E-state index is 11.9. The van der Waals surface area contributed by atoms with Crippen molar-refractivity contribution in [1.82, 2.24) is 15.2 Å². The van der Waals surface area contributed by atoms with Crippen molar-refractivity contribution in [2.24, 2.45) is 0 Å². The van der Waals surface area contributed by atoms with Gasteiger partial charge in [0.1, 0.15) is 5.75 Å². The van der Waals surface area contributed by atoms with Crippen molar-refractivity contribution in [1.29, 1.82) is 0 Å². The molecule has 0 aliphatic heterocycles. The fraction of sp³-hybridized carbons (Fsp3) is 0.571. The molecule has 2 N–H and O–H groups in total. The van der Waals surface area contributed by atoms with Crippen LogP contribution in [-0.2, 0) is 6.54 Å². The molecule has 1 rings (SSSR count). The summed E-state index contributed by atoms with van der Waals surface area (Å²) < 4.78 is 6.63. The van der Waals surface area contributed by atoms with Crippen LogP contribution in [0.1, 0.15) is 26.5 Å². The lowest BCUT2D eigenvalue weighted by Gasteiger charge is -2.21. The Bertz CT molecular complexity index is 529. The minimum atomic E-state index is -0.281. The number of methoxy groups -OCH3 is 1. The largest absolute Gasteiger partial charge is 0.496 e. The van der Waals surface area contributed by atoms with E-state index < -0.39 is 0 Å². The fourth-order valence-electron chi connectivity index (χ4n) is 1.77. The smallest absolute Gasteiger partial charge is 0.315 e. The maximum Gasteiger partial charge on any atom is 0.315 e. The predicted molar refractivity (Wildman–Crippen MR) is 78.3 cm³/mol. The van der Waals surface area contributed by atoms with Gasteiger partial charge in [0, 0.05) is 30.4 Å². The van der Waals surface area contributed by atoms with E-state index in [2.05, 4.69) is 10.6 Å². The third kappa shape index (κ3) is 4.95. The minimum Gasteiger partial charge on any atom is -0.496 e. The van der Waals surface area contributed by atoms with Crippen LogP contribution in [0.5, 0.6) is 5.75 Å². The summed E-state index contributed by atoms with van der Waals surface area (Å²) in [6.45, 7) is 8.36. The van der Waals surface area contributed by atoms with Gasteiger partial charge in [-0.3, -0.25) is 4.79 Å². The maximum absolute atomic E-state index is 11.9. The molecule has 6 nitrogen and oxygen atoms in total. The summed E-state index contributed by atoms with van der Waals surface area (Å²) in [4.78, 5) is 23.5. The number of carbonyl (C=O) groups is 1. The first kappa shape index (κ1) is 16.1. The van der Waals surface area contributed by atoms with Crippen LogP contribution in [0.25, 0.3) is 0 Å². The van der Waals surface area contributed by atoms with E-state index in [1.807, 2.05) is 27.7 Å². The highest BCUT2D eigenvalue weighted by atomic mass is 16.5. The Morgan fingerprint density at radius 1 is 1.35 bits per heavy atom. The van der Waals surface area contributed by atoms with E-state index in [-0.39, 0.29) is 17.1 Å². The van der Waals surface area contributed by atoms with Gasteiger partial charge in [-0.1, -0.05) is 0 Å². The van der Waals surface area contributed by atoms with Crippen LogP contribution in [0.2, 0.25) is 0 Å². The molecule has 6 heteroatoms. The third-order valence-electron chi connectivity index (χ3n) is 2.65. The summed E-state index contributed by atoms with van der Waals surface area (Å²) in [6.07, 6.45) is 0. The normalized spacial score (nSPS) is 11.1. The SMILES string of the molecule is COc1cc(C)n(CCNC(=O)NC(C)(C)C)c(=O)c1. The van der Waals surface area contributed by atoms with Crippen LogP contribution in [0.15, 0.2) is 16.9 Å². The molecule has 1 heterocycles. The van der Waals surface area contributed by atoms with E-state index in [9.17, 15) is 9.59 Å². The molecule has 0 unspecified atom stereocenters. The van der Waals surface area contributed by atoms with Crippen LogP contribution in [0.3, 0.4) is 0 Å². The van der Waals surface area contributed by atoms with Gasteiger partial charge >= 0.3 is 6.03 Å². The Morgan fingerprint density at radius 2 is 2.00 bits per heavy atom. The van der Waals surface area contributed by atoms with Crippen LogP contribution in [-0.4, -0.2) is 29.8 Å². The second-order valence-corrected chi connectivity index (χ2v) is 5.66.